The maximum Gasteiger partial charge on any atom is 0.269 e. The molecule has 0 amide bonds. The normalized spacial score (nSPS) is 22.4. The summed E-state index contributed by atoms with van der Waals surface area (Å²) in [5.41, 5.74) is 0.0129. The monoisotopic (exact) mass is 518 g/mol. The number of non-ortho nitro benzene ring substituents is 1. The van der Waals surface area contributed by atoms with Gasteiger partial charge in [0.15, 0.2) is 5.96 Å². The van der Waals surface area contributed by atoms with Crippen LogP contribution in [0.3, 0.4) is 0 Å². The molecular weight excluding hydrogens is 487 g/mol. The van der Waals surface area contributed by atoms with Crippen LogP contribution in [0.25, 0.3) is 0 Å². The SMILES string of the molecule is CCNC(=NCC(O)COc1ccc([N+](=O)[O-])cc1)N1CC2CCCCC2C1.I. The minimum absolute atomic E-state index is 0. The predicted molar refractivity (Wildman–Crippen MR) is 123 cm³/mol. The summed E-state index contributed by atoms with van der Waals surface area (Å²) in [6.07, 6.45) is 4.55. The van der Waals surface area contributed by atoms with Gasteiger partial charge in [-0.1, -0.05) is 12.8 Å². The van der Waals surface area contributed by atoms with Crippen LogP contribution in [0.15, 0.2) is 29.3 Å². The van der Waals surface area contributed by atoms with Gasteiger partial charge in [0.25, 0.3) is 5.69 Å². The van der Waals surface area contributed by atoms with Gasteiger partial charge >= 0.3 is 0 Å². The van der Waals surface area contributed by atoms with E-state index in [1.54, 1.807) is 0 Å². The first kappa shape index (κ1) is 23.7. The van der Waals surface area contributed by atoms with E-state index in [1.165, 1.54) is 49.9 Å². The molecule has 2 fully saturated rings. The lowest BCUT2D eigenvalue weighted by atomic mass is 9.82. The molecule has 0 bridgehead atoms. The van der Waals surface area contributed by atoms with E-state index >= 15 is 0 Å². The molecule has 29 heavy (non-hydrogen) atoms. The van der Waals surface area contributed by atoms with Crippen molar-refractivity contribution in [1.29, 1.82) is 0 Å². The zero-order valence-electron chi connectivity index (χ0n) is 16.8. The summed E-state index contributed by atoms with van der Waals surface area (Å²) >= 11 is 0. The van der Waals surface area contributed by atoms with E-state index in [9.17, 15) is 15.2 Å². The number of fused-ring (bicyclic) bond motifs is 1. The molecule has 0 aromatic heterocycles. The Morgan fingerprint density at radius 2 is 1.93 bits per heavy atom. The van der Waals surface area contributed by atoms with Gasteiger partial charge in [0.1, 0.15) is 18.5 Å². The van der Waals surface area contributed by atoms with Crippen molar-refractivity contribution in [2.75, 3.05) is 32.8 Å². The Morgan fingerprint density at radius 3 is 2.48 bits per heavy atom. The zero-order valence-corrected chi connectivity index (χ0v) is 19.2. The molecule has 0 radical (unpaired) electrons. The quantitative estimate of drug-likeness (QED) is 0.189. The van der Waals surface area contributed by atoms with Gasteiger partial charge < -0.3 is 20.1 Å². The Balaban J connectivity index is 0.00000300. The van der Waals surface area contributed by atoms with E-state index in [4.69, 9.17) is 4.74 Å². The van der Waals surface area contributed by atoms with Gasteiger partial charge in [0.05, 0.1) is 11.5 Å². The Kier molecular flexibility index (Phi) is 9.41. The topological polar surface area (TPSA) is 100 Å². The second-order valence-electron chi connectivity index (χ2n) is 7.62. The molecule has 1 saturated carbocycles. The lowest BCUT2D eigenvalue weighted by molar-refractivity contribution is -0.384. The van der Waals surface area contributed by atoms with Crippen molar-refractivity contribution in [2.24, 2.45) is 16.8 Å². The number of aliphatic hydroxyl groups excluding tert-OH is 1. The van der Waals surface area contributed by atoms with E-state index in [-0.39, 0.29) is 42.8 Å². The van der Waals surface area contributed by atoms with Crippen molar-refractivity contribution in [3.63, 3.8) is 0 Å². The molecule has 1 saturated heterocycles. The average molecular weight is 518 g/mol. The molecule has 3 unspecified atom stereocenters. The fourth-order valence-electron chi connectivity index (χ4n) is 4.11. The van der Waals surface area contributed by atoms with E-state index in [2.05, 4.69) is 15.2 Å². The molecule has 1 aliphatic heterocycles. The highest BCUT2D eigenvalue weighted by Gasteiger charge is 2.35. The van der Waals surface area contributed by atoms with Crippen molar-refractivity contribution in [3.8, 4) is 5.75 Å². The summed E-state index contributed by atoms with van der Waals surface area (Å²) in [5.74, 6) is 2.90. The van der Waals surface area contributed by atoms with Gasteiger partial charge in [0, 0.05) is 31.8 Å². The maximum absolute atomic E-state index is 10.7. The number of hydrogen-bond donors (Lipinski definition) is 2. The van der Waals surface area contributed by atoms with Crippen LogP contribution >= 0.6 is 24.0 Å². The summed E-state index contributed by atoms with van der Waals surface area (Å²) in [5, 5.41) is 24.2. The van der Waals surface area contributed by atoms with Crippen LogP contribution < -0.4 is 10.1 Å². The van der Waals surface area contributed by atoms with Crippen LogP contribution in [0.4, 0.5) is 5.69 Å². The number of hydrogen-bond acceptors (Lipinski definition) is 5. The van der Waals surface area contributed by atoms with Crippen LogP contribution in [0.1, 0.15) is 32.6 Å². The van der Waals surface area contributed by atoms with Gasteiger partial charge in [0.2, 0.25) is 0 Å². The third kappa shape index (κ3) is 6.70. The summed E-state index contributed by atoms with van der Waals surface area (Å²) in [6.45, 7) is 5.28. The highest BCUT2D eigenvalue weighted by atomic mass is 127. The van der Waals surface area contributed by atoms with Gasteiger partial charge in [-0.3, -0.25) is 15.1 Å². The van der Waals surface area contributed by atoms with Crippen molar-refractivity contribution in [1.82, 2.24) is 10.2 Å². The standard InChI is InChI=1S/C20H30N4O4.HI/c1-2-21-20(23-12-15-5-3-4-6-16(15)13-23)22-11-18(25)14-28-19-9-7-17(8-10-19)24(26)27;/h7-10,15-16,18,25H,2-6,11-14H2,1H3,(H,21,22);1H. The van der Waals surface area contributed by atoms with Crippen molar-refractivity contribution >= 4 is 35.6 Å². The molecule has 162 valence electrons. The number of aliphatic imine (C=N–C) groups is 1. The first-order valence-corrected chi connectivity index (χ1v) is 10.2. The van der Waals surface area contributed by atoms with E-state index < -0.39 is 11.0 Å². The first-order chi connectivity index (χ1) is 13.6. The smallest absolute Gasteiger partial charge is 0.269 e. The van der Waals surface area contributed by atoms with Gasteiger partial charge in [-0.25, -0.2) is 0 Å². The van der Waals surface area contributed by atoms with Gasteiger partial charge in [-0.2, -0.15) is 0 Å². The second-order valence-corrected chi connectivity index (χ2v) is 7.62. The summed E-state index contributed by atoms with van der Waals surface area (Å²) in [6, 6.07) is 5.83. The fourth-order valence-corrected chi connectivity index (χ4v) is 4.11. The number of nitrogens with one attached hydrogen (secondary N) is 1. The summed E-state index contributed by atoms with van der Waals surface area (Å²) in [7, 11) is 0. The Hall–Kier alpha value is -1.62. The van der Waals surface area contributed by atoms with Crippen molar-refractivity contribution in [3.05, 3.63) is 34.4 Å². The zero-order chi connectivity index (χ0) is 19.9. The molecule has 2 aliphatic rings. The van der Waals surface area contributed by atoms with Gasteiger partial charge in [-0.05, 0) is 43.7 Å². The Morgan fingerprint density at radius 1 is 1.31 bits per heavy atom. The highest BCUT2D eigenvalue weighted by Crippen LogP contribution is 2.35. The van der Waals surface area contributed by atoms with E-state index in [1.807, 2.05) is 6.92 Å². The Labute approximate surface area is 188 Å². The number of rotatable bonds is 7. The Bertz CT molecular complexity index is 672. The molecule has 9 heteroatoms. The number of benzene rings is 1. The average Bonchev–Trinajstić information content (AvgIpc) is 3.14. The summed E-state index contributed by atoms with van der Waals surface area (Å²) in [4.78, 5) is 17.2. The highest BCUT2D eigenvalue weighted by molar-refractivity contribution is 14.0. The van der Waals surface area contributed by atoms with Crippen molar-refractivity contribution in [2.45, 2.75) is 38.7 Å². The number of halogens is 1. The third-order valence-electron chi connectivity index (χ3n) is 5.55. The minimum Gasteiger partial charge on any atom is -0.491 e. The van der Waals surface area contributed by atoms with Crippen LogP contribution in [-0.4, -0.2) is 59.8 Å². The predicted octanol–water partition coefficient (Wildman–Crippen LogP) is 3.04. The lowest BCUT2D eigenvalue weighted by Gasteiger charge is -2.22. The third-order valence-corrected chi connectivity index (χ3v) is 5.55. The largest absolute Gasteiger partial charge is 0.491 e. The van der Waals surface area contributed by atoms with Crippen LogP contribution in [-0.2, 0) is 0 Å². The van der Waals surface area contributed by atoms with E-state index in [0.29, 0.717) is 5.75 Å². The van der Waals surface area contributed by atoms with Crippen molar-refractivity contribution < 1.29 is 14.8 Å². The number of nitrogens with zero attached hydrogens (tertiary/aromatic N) is 3. The molecule has 8 nitrogen and oxygen atoms in total. The minimum atomic E-state index is -0.742. The second kappa shape index (κ2) is 11.5. The molecule has 3 atom stereocenters. The molecule has 1 aromatic carbocycles. The molecule has 1 aliphatic carbocycles. The number of nitro groups is 1. The van der Waals surface area contributed by atoms with Gasteiger partial charge in [-0.15, -0.1) is 24.0 Å². The number of likely N-dealkylation sites (tertiary alicyclic amines) is 1. The molecule has 0 spiro atoms. The molecule has 3 rings (SSSR count). The number of nitro benzene ring substituents is 1. The van der Waals surface area contributed by atoms with Crippen LogP contribution in [0.2, 0.25) is 0 Å². The lowest BCUT2D eigenvalue weighted by Crippen LogP contribution is -2.41. The molecule has 1 aromatic rings. The molecule has 2 N–H and O–H groups in total. The van der Waals surface area contributed by atoms with Crippen LogP contribution in [0.5, 0.6) is 5.75 Å². The van der Waals surface area contributed by atoms with Crippen LogP contribution in [0, 0.1) is 22.0 Å². The fraction of sp³-hybridized carbons (Fsp3) is 0.650. The number of ether oxygens (including phenoxy) is 1. The van der Waals surface area contributed by atoms with E-state index in [0.717, 1.165) is 37.4 Å². The number of aliphatic hydroxyl groups is 1. The summed E-state index contributed by atoms with van der Waals surface area (Å²) < 4.78 is 5.52. The maximum atomic E-state index is 10.7. The number of guanidine groups is 1. The molecule has 1 heterocycles. The molecular formula is C20H31IN4O4. The first-order valence-electron chi connectivity index (χ1n) is 10.2.